The summed E-state index contributed by atoms with van der Waals surface area (Å²) in [6, 6.07) is 7.17. The largest absolute Gasteiger partial charge is 0.467 e. The lowest BCUT2D eigenvalue weighted by atomic mass is 10.1. The second-order valence-electron chi connectivity index (χ2n) is 6.49. The number of aromatic nitrogens is 1. The molecule has 29 heavy (non-hydrogen) atoms. The molecule has 2 aromatic rings. The van der Waals surface area contributed by atoms with Crippen LogP contribution in [0.2, 0.25) is 0 Å². The third-order valence-electron chi connectivity index (χ3n) is 4.44. The highest BCUT2D eigenvalue weighted by molar-refractivity contribution is 5.99. The van der Waals surface area contributed by atoms with Crippen molar-refractivity contribution in [3.8, 4) is 6.07 Å². The minimum atomic E-state index is -1.05. The van der Waals surface area contributed by atoms with E-state index in [1.54, 1.807) is 19.2 Å². The summed E-state index contributed by atoms with van der Waals surface area (Å²) >= 11 is 0. The van der Waals surface area contributed by atoms with Crippen LogP contribution in [0.4, 0.5) is 0 Å². The summed E-state index contributed by atoms with van der Waals surface area (Å²) in [5, 5.41) is 12.0. The zero-order chi connectivity index (χ0) is 21.4. The van der Waals surface area contributed by atoms with Gasteiger partial charge in [-0.05, 0) is 50.6 Å². The fourth-order valence-electron chi connectivity index (χ4n) is 2.80. The molecule has 1 amide bonds. The number of carbonyl (C=O) groups excluding carboxylic acids is 2. The van der Waals surface area contributed by atoms with E-state index in [4.69, 9.17) is 13.9 Å². The van der Waals surface area contributed by atoms with E-state index in [0.717, 1.165) is 17.0 Å². The van der Waals surface area contributed by atoms with Crippen molar-refractivity contribution in [2.75, 3.05) is 13.7 Å². The van der Waals surface area contributed by atoms with Crippen molar-refractivity contribution in [2.45, 2.75) is 40.0 Å². The van der Waals surface area contributed by atoms with Crippen LogP contribution in [0.1, 0.15) is 29.6 Å². The first-order chi connectivity index (χ1) is 13.9. The number of ether oxygens (including phenoxy) is 2. The number of hydrogen-bond donors (Lipinski definition) is 1. The van der Waals surface area contributed by atoms with Gasteiger partial charge in [0.2, 0.25) is 0 Å². The van der Waals surface area contributed by atoms with Gasteiger partial charge in [-0.2, -0.15) is 5.26 Å². The molecule has 0 bridgehead atoms. The number of nitriles is 1. The van der Waals surface area contributed by atoms with Crippen LogP contribution < -0.4 is 5.32 Å². The number of carbonyl (C=O) groups is 2. The number of aryl methyl sites for hydroxylation is 1. The number of methoxy groups -OCH3 is 1. The lowest BCUT2D eigenvalue weighted by molar-refractivity contribution is -0.150. The number of rotatable bonds is 9. The molecule has 0 radical (unpaired) electrons. The van der Waals surface area contributed by atoms with Gasteiger partial charge in [0, 0.05) is 25.0 Å². The molecule has 1 atom stereocenters. The van der Waals surface area contributed by atoms with E-state index in [0.29, 0.717) is 18.9 Å². The van der Waals surface area contributed by atoms with Gasteiger partial charge in [-0.25, -0.2) is 4.79 Å². The molecule has 2 heterocycles. The molecule has 0 saturated carbocycles. The molecule has 8 heteroatoms. The molecule has 154 valence electrons. The van der Waals surface area contributed by atoms with E-state index in [1.807, 2.05) is 30.6 Å². The summed E-state index contributed by atoms with van der Waals surface area (Å²) in [6.07, 6.45) is 1.92. The molecule has 0 spiro atoms. The van der Waals surface area contributed by atoms with Crippen LogP contribution in [0.5, 0.6) is 0 Å². The van der Waals surface area contributed by atoms with E-state index in [1.165, 1.54) is 19.3 Å². The first kappa shape index (κ1) is 22.0. The van der Waals surface area contributed by atoms with Gasteiger partial charge in [-0.3, -0.25) is 4.79 Å². The normalized spacial score (nSPS) is 12.3. The van der Waals surface area contributed by atoms with Crippen molar-refractivity contribution in [2.24, 2.45) is 0 Å². The molecular formula is C21H25N3O5. The molecule has 0 unspecified atom stereocenters. The summed E-state index contributed by atoms with van der Waals surface area (Å²) in [5.74, 6) is -0.752. The maximum Gasteiger partial charge on any atom is 0.349 e. The van der Waals surface area contributed by atoms with Crippen LogP contribution in [0.25, 0.3) is 6.08 Å². The Kier molecular flexibility index (Phi) is 7.80. The van der Waals surface area contributed by atoms with Crippen molar-refractivity contribution in [3.63, 3.8) is 0 Å². The van der Waals surface area contributed by atoms with Crippen LogP contribution in [0.15, 0.2) is 34.5 Å². The molecule has 0 aliphatic rings. The highest BCUT2D eigenvalue weighted by atomic mass is 16.5. The Morgan fingerprint density at radius 2 is 2.17 bits per heavy atom. The second kappa shape index (κ2) is 10.3. The highest BCUT2D eigenvalue weighted by Gasteiger charge is 2.21. The summed E-state index contributed by atoms with van der Waals surface area (Å²) < 4.78 is 17.4. The van der Waals surface area contributed by atoms with Crippen molar-refractivity contribution in [3.05, 3.63) is 52.7 Å². The molecule has 0 fully saturated rings. The Morgan fingerprint density at radius 3 is 2.79 bits per heavy atom. The van der Waals surface area contributed by atoms with Crippen LogP contribution in [-0.4, -0.2) is 36.3 Å². The molecule has 0 saturated heterocycles. The van der Waals surface area contributed by atoms with Crippen LogP contribution in [0.3, 0.4) is 0 Å². The van der Waals surface area contributed by atoms with Crippen molar-refractivity contribution < 1.29 is 23.5 Å². The van der Waals surface area contributed by atoms with Gasteiger partial charge in [0.05, 0.1) is 19.4 Å². The average Bonchev–Trinajstić information content (AvgIpc) is 3.30. The zero-order valence-corrected chi connectivity index (χ0v) is 17.0. The number of furan rings is 1. The number of esters is 1. The molecular weight excluding hydrogens is 374 g/mol. The molecule has 2 aromatic heterocycles. The third-order valence-corrected chi connectivity index (χ3v) is 4.44. The third kappa shape index (κ3) is 5.83. The van der Waals surface area contributed by atoms with Crippen molar-refractivity contribution in [1.82, 2.24) is 9.88 Å². The number of amides is 1. The summed E-state index contributed by atoms with van der Waals surface area (Å²) in [7, 11) is 1.63. The van der Waals surface area contributed by atoms with Crippen LogP contribution >= 0.6 is 0 Å². The van der Waals surface area contributed by atoms with Gasteiger partial charge >= 0.3 is 5.97 Å². The lowest BCUT2D eigenvalue weighted by Crippen LogP contribution is -2.35. The fourth-order valence-corrected chi connectivity index (χ4v) is 2.80. The molecule has 1 N–H and O–H groups in total. The highest BCUT2D eigenvalue weighted by Crippen LogP contribution is 2.19. The lowest BCUT2D eigenvalue weighted by Gasteiger charge is -2.12. The van der Waals surface area contributed by atoms with Crippen LogP contribution in [0, 0.1) is 25.2 Å². The van der Waals surface area contributed by atoms with Gasteiger partial charge in [-0.1, -0.05) is 0 Å². The van der Waals surface area contributed by atoms with Crippen molar-refractivity contribution in [1.29, 1.82) is 5.26 Å². The Balaban J connectivity index is 2.04. The Morgan fingerprint density at radius 1 is 1.41 bits per heavy atom. The number of nitrogens with zero attached hydrogens (tertiary/aromatic N) is 2. The quantitative estimate of drug-likeness (QED) is 0.394. The minimum absolute atomic E-state index is 0.178. The topological polar surface area (TPSA) is 106 Å². The number of nitrogens with one attached hydrogen (secondary N) is 1. The van der Waals surface area contributed by atoms with Gasteiger partial charge in [0.1, 0.15) is 17.4 Å². The Bertz CT molecular complexity index is 919. The summed E-state index contributed by atoms with van der Waals surface area (Å²) in [6.45, 7) is 6.69. The standard InChI is InChI=1S/C21H25N3O5/c1-14-10-17(15(2)24(14)7-9-27-4)11-18(12-22)21(26)29-16(3)20(25)23-13-19-6-5-8-28-19/h5-6,8,10-11,16H,7,9,13H2,1-4H3,(H,23,25)/b18-11+/t16-/m1/s1. The monoisotopic (exact) mass is 399 g/mol. The first-order valence-electron chi connectivity index (χ1n) is 9.16. The molecule has 8 nitrogen and oxygen atoms in total. The van der Waals surface area contributed by atoms with E-state index >= 15 is 0 Å². The van der Waals surface area contributed by atoms with Gasteiger partial charge in [0.15, 0.2) is 6.10 Å². The van der Waals surface area contributed by atoms with Gasteiger partial charge in [0.25, 0.3) is 5.91 Å². The molecule has 0 aliphatic heterocycles. The minimum Gasteiger partial charge on any atom is -0.467 e. The second-order valence-corrected chi connectivity index (χ2v) is 6.49. The van der Waals surface area contributed by atoms with Crippen LogP contribution in [-0.2, 0) is 32.2 Å². The molecule has 2 rings (SSSR count). The summed E-state index contributed by atoms with van der Waals surface area (Å²) in [5.41, 5.74) is 2.45. The van der Waals surface area contributed by atoms with Gasteiger partial charge < -0.3 is 23.8 Å². The summed E-state index contributed by atoms with van der Waals surface area (Å²) in [4.78, 5) is 24.5. The average molecular weight is 399 g/mol. The zero-order valence-electron chi connectivity index (χ0n) is 17.0. The SMILES string of the molecule is COCCn1c(C)cc(/C=C(\C#N)C(=O)O[C@H](C)C(=O)NCc2ccco2)c1C. The predicted molar refractivity (Wildman–Crippen MR) is 105 cm³/mol. The van der Waals surface area contributed by atoms with Crippen molar-refractivity contribution >= 4 is 18.0 Å². The Labute approximate surface area is 169 Å². The smallest absolute Gasteiger partial charge is 0.349 e. The predicted octanol–water partition coefficient (Wildman–Crippen LogP) is 2.50. The maximum atomic E-state index is 12.4. The van der Waals surface area contributed by atoms with E-state index in [-0.39, 0.29) is 12.1 Å². The first-order valence-corrected chi connectivity index (χ1v) is 9.16. The van der Waals surface area contributed by atoms with E-state index in [2.05, 4.69) is 5.32 Å². The molecule has 0 aliphatic carbocycles. The molecule has 0 aromatic carbocycles. The van der Waals surface area contributed by atoms with E-state index in [9.17, 15) is 14.9 Å². The maximum absolute atomic E-state index is 12.4. The fraction of sp³-hybridized carbons (Fsp3) is 0.381. The Hall–Kier alpha value is -3.31. The number of hydrogen-bond acceptors (Lipinski definition) is 6. The van der Waals surface area contributed by atoms with E-state index < -0.39 is 18.0 Å². The van der Waals surface area contributed by atoms with Gasteiger partial charge in [-0.15, -0.1) is 0 Å².